The molecule has 1 nitrogen and oxygen atoms in total. The van der Waals surface area contributed by atoms with Gasteiger partial charge < -0.3 is 4.90 Å². The van der Waals surface area contributed by atoms with Crippen molar-refractivity contribution in [2.75, 3.05) is 14.1 Å². The van der Waals surface area contributed by atoms with Gasteiger partial charge in [0.05, 0.1) is 0 Å². The average Bonchev–Trinajstić information content (AvgIpc) is 2.25. The molecule has 1 unspecified atom stereocenters. The molecule has 1 fully saturated rings. The lowest BCUT2D eigenvalue weighted by Crippen LogP contribution is -2.52. The number of likely N-dealkylation sites (N-methyl/N-ethyl adjacent to an activating group) is 1. The molecule has 20 heavy (non-hydrogen) atoms. The molecule has 114 valence electrons. The molecule has 1 aromatic rings. The minimum Gasteiger partial charge on any atom is -0.306 e. The highest BCUT2D eigenvalue weighted by Crippen LogP contribution is 2.49. The molecule has 0 N–H and O–H groups in total. The standard InChI is InChI=1S/C17H26ClN.ClH/c1-13(2)11-16(19(3)4)17(9-6-10-17)14-7-5-8-15(18)12-14;/h5,7-8,12-13,16H,6,9-11H2,1-4H3;1H. The van der Waals surface area contributed by atoms with Crippen molar-refractivity contribution in [2.45, 2.75) is 51.0 Å². The van der Waals surface area contributed by atoms with Crippen molar-refractivity contribution in [1.82, 2.24) is 4.90 Å². The van der Waals surface area contributed by atoms with Gasteiger partial charge in [0.2, 0.25) is 0 Å². The molecule has 0 radical (unpaired) electrons. The molecule has 0 aromatic heterocycles. The number of rotatable bonds is 5. The van der Waals surface area contributed by atoms with Crippen LogP contribution in [0.4, 0.5) is 0 Å². The number of hydrogen-bond donors (Lipinski definition) is 0. The summed E-state index contributed by atoms with van der Waals surface area (Å²) in [5.41, 5.74) is 1.75. The summed E-state index contributed by atoms with van der Waals surface area (Å²) in [6.07, 6.45) is 5.18. The van der Waals surface area contributed by atoms with E-state index in [1.807, 2.05) is 6.07 Å². The zero-order valence-corrected chi connectivity index (χ0v) is 14.6. The Bertz CT molecular complexity index is 425. The fraction of sp³-hybridized carbons (Fsp3) is 0.647. The summed E-state index contributed by atoms with van der Waals surface area (Å²) in [4.78, 5) is 2.42. The van der Waals surface area contributed by atoms with E-state index in [4.69, 9.17) is 11.6 Å². The van der Waals surface area contributed by atoms with Crippen molar-refractivity contribution >= 4 is 24.0 Å². The monoisotopic (exact) mass is 315 g/mol. The molecule has 3 heteroatoms. The lowest BCUT2D eigenvalue weighted by molar-refractivity contribution is 0.0808. The first kappa shape index (κ1) is 17.8. The SMILES string of the molecule is CC(C)CC(N(C)C)C1(c2cccc(Cl)c2)CCC1.Cl. The predicted octanol–water partition coefficient (Wildman–Crippen LogP) is 5.16. The lowest BCUT2D eigenvalue weighted by Gasteiger charge is -2.51. The third kappa shape index (κ3) is 3.50. The van der Waals surface area contributed by atoms with Crippen molar-refractivity contribution in [1.29, 1.82) is 0 Å². The molecule has 0 spiro atoms. The van der Waals surface area contributed by atoms with E-state index < -0.39 is 0 Å². The van der Waals surface area contributed by atoms with Gasteiger partial charge in [0.15, 0.2) is 0 Å². The van der Waals surface area contributed by atoms with Crippen molar-refractivity contribution in [2.24, 2.45) is 5.92 Å². The molecule has 0 aliphatic heterocycles. The Morgan fingerprint density at radius 1 is 1.25 bits per heavy atom. The summed E-state index contributed by atoms with van der Waals surface area (Å²) in [6.45, 7) is 4.64. The van der Waals surface area contributed by atoms with Gasteiger partial charge in [0.1, 0.15) is 0 Å². The van der Waals surface area contributed by atoms with Crippen LogP contribution in [0.2, 0.25) is 5.02 Å². The van der Waals surface area contributed by atoms with E-state index >= 15 is 0 Å². The second-order valence-corrected chi connectivity index (χ2v) is 7.07. The summed E-state index contributed by atoms with van der Waals surface area (Å²) >= 11 is 6.21. The molecule has 1 aliphatic rings. The van der Waals surface area contributed by atoms with Gasteiger partial charge in [-0.1, -0.05) is 44.0 Å². The van der Waals surface area contributed by atoms with Crippen LogP contribution >= 0.6 is 24.0 Å². The van der Waals surface area contributed by atoms with Crippen molar-refractivity contribution < 1.29 is 0 Å². The number of nitrogens with zero attached hydrogens (tertiary/aromatic N) is 1. The topological polar surface area (TPSA) is 3.24 Å². The van der Waals surface area contributed by atoms with Gasteiger partial charge in [0, 0.05) is 16.5 Å². The zero-order valence-electron chi connectivity index (χ0n) is 13.0. The fourth-order valence-electron chi connectivity index (χ4n) is 3.55. The third-order valence-electron chi connectivity index (χ3n) is 4.60. The van der Waals surface area contributed by atoms with Crippen LogP contribution in [0.25, 0.3) is 0 Å². The number of halogens is 2. The molecule has 1 aliphatic carbocycles. The molecule has 1 saturated carbocycles. The second-order valence-electron chi connectivity index (χ2n) is 6.63. The molecule has 1 atom stereocenters. The normalized spacial score (nSPS) is 18.6. The maximum Gasteiger partial charge on any atom is 0.0408 e. The predicted molar refractivity (Wildman–Crippen MR) is 91.2 cm³/mol. The van der Waals surface area contributed by atoms with Crippen molar-refractivity contribution in [3.63, 3.8) is 0 Å². The number of hydrogen-bond acceptors (Lipinski definition) is 1. The van der Waals surface area contributed by atoms with Gasteiger partial charge in [0.25, 0.3) is 0 Å². The Morgan fingerprint density at radius 3 is 2.30 bits per heavy atom. The minimum absolute atomic E-state index is 0. The first-order chi connectivity index (χ1) is 8.95. The van der Waals surface area contributed by atoms with Crippen LogP contribution in [0.15, 0.2) is 24.3 Å². The summed E-state index contributed by atoms with van der Waals surface area (Å²) in [6, 6.07) is 9.13. The highest BCUT2D eigenvalue weighted by Gasteiger charge is 2.46. The zero-order chi connectivity index (χ0) is 14.0. The summed E-state index contributed by atoms with van der Waals surface area (Å²) in [5, 5.41) is 0.867. The van der Waals surface area contributed by atoms with Crippen LogP contribution in [0.1, 0.15) is 45.1 Å². The summed E-state index contributed by atoms with van der Waals surface area (Å²) in [5.74, 6) is 0.726. The van der Waals surface area contributed by atoms with Gasteiger partial charge in [-0.2, -0.15) is 0 Å². The third-order valence-corrected chi connectivity index (χ3v) is 4.84. The minimum atomic E-state index is 0. The van der Waals surface area contributed by atoms with Gasteiger partial charge in [-0.3, -0.25) is 0 Å². The van der Waals surface area contributed by atoms with Crippen molar-refractivity contribution in [3.8, 4) is 0 Å². The van der Waals surface area contributed by atoms with E-state index in [9.17, 15) is 0 Å². The van der Waals surface area contributed by atoms with E-state index in [0.717, 1.165) is 10.9 Å². The average molecular weight is 316 g/mol. The molecular weight excluding hydrogens is 289 g/mol. The maximum absolute atomic E-state index is 6.21. The Morgan fingerprint density at radius 2 is 1.90 bits per heavy atom. The Kier molecular flexibility index (Phi) is 6.37. The Labute approximate surface area is 135 Å². The molecule has 0 bridgehead atoms. The smallest absolute Gasteiger partial charge is 0.0408 e. The quantitative estimate of drug-likeness (QED) is 0.725. The van der Waals surface area contributed by atoms with Gasteiger partial charge in [-0.25, -0.2) is 0 Å². The van der Waals surface area contributed by atoms with E-state index in [2.05, 4.69) is 51.0 Å². The van der Waals surface area contributed by atoms with Crippen molar-refractivity contribution in [3.05, 3.63) is 34.9 Å². The Hall–Kier alpha value is -0.240. The van der Waals surface area contributed by atoms with Crippen LogP contribution in [-0.4, -0.2) is 25.0 Å². The molecule has 0 heterocycles. The lowest BCUT2D eigenvalue weighted by atomic mass is 9.58. The highest BCUT2D eigenvalue weighted by atomic mass is 35.5. The first-order valence-corrected chi connectivity index (χ1v) is 7.76. The summed E-state index contributed by atoms with van der Waals surface area (Å²) < 4.78 is 0. The summed E-state index contributed by atoms with van der Waals surface area (Å²) in [7, 11) is 4.44. The van der Waals surface area contributed by atoms with Gasteiger partial charge >= 0.3 is 0 Å². The van der Waals surface area contributed by atoms with Gasteiger partial charge in [-0.15, -0.1) is 12.4 Å². The van der Waals surface area contributed by atoms with E-state index in [1.165, 1.54) is 31.2 Å². The fourth-order valence-corrected chi connectivity index (χ4v) is 3.74. The van der Waals surface area contributed by atoms with Crippen LogP contribution in [0.5, 0.6) is 0 Å². The highest BCUT2D eigenvalue weighted by molar-refractivity contribution is 6.30. The molecule has 2 rings (SSSR count). The maximum atomic E-state index is 6.21. The second kappa shape index (κ2) is 7.15. The molecule has 1 aromatic carbocycles. The molecular formula is C17H27Cl2N. The Balaban J connectivity index is 0.00000200. The van der Waals surface area contributed by atoms with Gasteiger partial charge in [-0.05, 0) is 57.0 Å². The largest absolute Gasteiger partial charge is 0.306 e. The first-order valence-electron chi connectivity index (χ1n) is 7.38. The van der Waals surface area contributed by atoms with E-state index in [0.29, 0.717) is 11.5 Å². The van der Waals surface area contributed by atoms with E-state index in [-0.39, 0.29) is 12.4 Å². The van der Waals surface area contributed by atoms with Crippen LogP contribution < -0.4 is 0 Å². The molecule has 0 amide bonds. The van der Waals surface area contributed by atoms with Crippen LogP contribution in [-0.2, 0) is 5.41 Å². The molecule has 0 saturated heterocycles. The number of benzene rings is 1. The van der Waals surface area contributed by atoms with E-state index in [1.54, 1.807) is 0 Å². The van der Waals surface area contributed by atoms with Crippen LogP contribution in [0, 0.1) is 5.92 Å². The van der Waals surface area contributed by atoms with Crippen LogP contribution in [0.3, 0.4) is 0 Å².